The van der Waals surface area contributed by atoms with E-state index in [9.17, 15) is 9.59 Å². The topological polar surface area (TPSA) is 63.0 Å². The van der Waals surface area contributed by atoms with Gasteiger partial charge >= 0.3 is 0 Å². The molecular weight excluding hydrogens is 416 g/mol. The lowest BCUT2D eigenvalue weighted by atomic mass is 10.1. The second kappa shape index (κ2) is 9.81. The van der Waals surface area contributed by atoms with Gasteiger partial charge in [-0.3, -0.25) is 14.5 Å². The molecule has 2 heterocycles. The summed E-state index contributed by atoms with van der Waals surface area (Å²) in [6.45, 7) is 3.77. The molecule has 0 atom stereocenters. The van der Waals surface area contributed by atoms with E-state index >= 15 is 0 Å². The number of halogens is 1. The maximum absolute atomic E-state index is 12.4. The van der Waals surface area contributed by atoms with Crippen LogP contribution in [0.25, 0.3) is 0 Å². The number of anilines is 1. The van der Waals surface area contributed by atoms with E-state index in [4.69, 9.17) is 20.8 Å². The Morgan fingerprint density at radius 2 is 1.77 bits per heavy atom. The van der Waals surface area contributed by atoms with Gasteiger partial charge < -0.3 is 14.1 Å². The number of ether oxygens (including phenoxy) is 1. The third kappa shape index (κ3) is 5.54. The molecule has 0 bridgehead atoms. The molecule has 1 saturated heterocycles. The normalized spacial score (nSPS) is 14.4. The molecule has 1 aliphatic heterocycles. The molecule has 7 heteroatoms. The lowest BCUT2D eigenvalue weighted by Crippen LogP contribution is -2.46. The van der Waals surface area contributed by atoms with Gasteiger partial charge in [0.15, 0.2) is 12.4 Å². The van der Waals surface area contributed by atoms with Crippen LogP contribution in [0.1, 0.15) is 16.1 Å². The molecular formula is C24H23ClN2O4. The van der Waals surface area contributed by atoms with Crippen molar-refractivity contribution in [3.63, 3.8) is 0 Å². The van der Waals surface area contributed by atoms with Gasteiger partial charge in [-0.05, 0) is 18.2 Å². The fourth-order valence-corrected chi connectivity index (χ4v) is 3.72. The van der Waals surface area contributed by atoms with Gasteiger partial charge in [0.2, 0.25) is 11.2 Å². The van der Waals surface area contributed by atoms with Crippen molar-refractivity contribution in [3.05, 3.63) is 93.5 Å². The van der Waals surface area contributed by atoms with E-state index < -0.39 is 0 Å². The van der Waals surface area contributed by atoms with Crippen LogP contribution in [-0.4, -0.2) is 43.5 Å². The van der Waals surface area contributed by atoms with Crippen LogP contribution in [0.4, 0.5) is 5.69 Å². The number of piperazine rings is 1. The minimum atomic E-state index is -0.292. The highest BCUT2D eigenvalue weighted by molar-refractivity contribution is 6.30. The Labute approximate surface area is 185 Å². The molecule has 0 radical (unpaired) electrons. The number of ketones is 1. The number of hydrogen-bond acceptors (Lipinski definition) is 6. The van der Waals surface area contributed by atoms with Gasteiger partial charge in [-0.25, -0.2) is 0 Å². The highest BCUT2D eigenvalue weighted by Crippen LogP contribution is 2.21. The molecule has 1 fully saturated rings. The Kier molecular flexibility index (Phi) is 6.70. The smallest absolute Gasteiger partial charge is 0.227 e. The van der Waals surface area contributed by atoms with Crippen molar-refractivity contribution in [1.29, 1.82) is 0 Å². The number of Topliss-reactive ketones (excluding diaryl/α,β-unsaturated/α-hetero) is 1. The van der Waals surface area contributed by atoms with Gasteiger partial charge in [0.25, 0.3) is 0 Å². The minimum absolute atomic E-state index is 0.0406. The van der Waals surface area contributed by atoms with Crippen molar-refractivity contribution < 1.29 is 13.9 Å². The zero-order valence-corrected chi connectivity index (χ0v) is 17.8. The minimum Gasteiger partial charge on any atom is -0.478 e. The van der Waals surface area contributed by atoms with E-state index in [1.165, 1.54) is 12.3 Å². The zero-order valence-electron chi connectivity index (χ0n) is 17.0. The van der Waals surface area contributed by atoms with Crippen molar-refractivity contribution in [2.24, 2.45) is 0 Å². The van der Waals surface area contributed by atoms with Gasteiger partial charge in [0, 0.05) is 48.5 Å². The van der Waals surface area contributed by atoms with E-state index in [0.29, 0.717) is 17.9 Å². The highest BCUT2D eigenvalue weighted by atomic mass is 35.5. The van der Waals surface area contributed by atoms with Gasteiger partial charge in [0.05, 0.1) is 6.54 Å². The molecule has 3 aromatic rings. The van der Waals surface area contributed by atoms with Crippen molar-refractivity contribution in [2.75, 3.05) is 37.7 Å². The Bertz CT molecular complexity index is 1090. The van der Waals surface area contributed by atoms with Gasteiger partial charge in [-0.2, -0.15) is 0 Å². The summed E-state index contributed by atoms with van der Waals surface area (Å²) in [6.07, 6.45) is 1.29. The summed E-state index contributed by atoms with van der Waals surface area (Å²) >= 11 is 6.09. The summed E-state index contributed by atoms with van der Waals surface area (Å²) < 4.78 is 11.0. The fourth-order valence-electron chi connectivity index (χ4n) is 3.53. The summed E-state index contributed by atoms with van der Waals surface area (Å²) in [4.78, 5) is 29.0. The van der Waals surface area contributed by atoms with E-state index in [1.807, 2.05) is 24.3 Å². The predicted molar refractivity (Wildman–Crippen MR) is 120 cm³/mol. The largest absolute Gasteiger partial charge is 0.478 e. The molecule has 4 rings (SSSR count). The molecule has 1 aromatic heterocycles. The highest BCUT2D eigenvalue weighted by Gasteiger charge is 2.19. The SMILES string of the molecule is O=C(COc1coc(CN2CCN(c3cccc(Cl)c3)CC2)cc1=O)c1ccccc1. The molecule has 0 saturated carbocycles. The second-order valence-corrected chi connectivity index (χ2v) is 7.83. The van der Waals surface area contributed by atoms with Gasteiger partial charge in [-0.15, -0.1) is 0 Å². The number of rotatable bonds is 7. The standard InChI is InChI=1S/C24H23ClN2O4/c25-19-7-4-8-20(13-19)27-11-9-26(10-12-27)15-21-14-22(28)24(17-30-21)31-16-23(29)18-5-2-1-3-6-18/h1-8,13-14,17H,9-12,15-16H2. The molecule has 0 spiro atoms. The lowest BCUT2D eigenvalue weighted by molar-refractivity contribution is 0.0919. The lowest BCUT2D eigenvalue weighted by Gasteiger charge is -2.35. The monoisotopic (exact) mass is 438 g/mol. The first-order chi connectivity index (χ1) is 15.1. The number of benzene rings is 2. The molecule has 0 unspecified atom stereocenters. The second-order valence-electron chi connectivity index (χ2n) is 7.40. The fraction of sp³-hybridized carbons (Fsp3) is 0.250. The molecule has 0 aliphatic carbocycles. The molecule has 0 N–H and O–H groups in total. The van der Waals surface area contributed by atoms with Crippen LogP contribution < -0.4 is 15.1 Å². The van der Waals surface area contributed by atoms with Crippen LogP contribution in [0.3, 0.4) is 0 Å². The van der Waals surface area contributed by atoms with E-state index in [-0.39, 0.29) is 23.6 Å². The number of nitrogens with zero attached hydrogens (tertiary/aromatic N) is 2. The van der Waals surface area contributed by atoms with E-state index in [1.54, 1.807) is 24.3 Å². The first kappa shape index (κ1) is 21.2. The first-order valence-electron chi connectivity index (χ1n) is 10.1. The zero-order chi connectivity index (χ0) is 21.6. The van der Waals surface area contributed by atoms with Gasteiger partial charge in [-0.1, -0.05) is 48.0 Å². The molecule has 6 nitrogen and oxygen atoms in total. The number of carbonyl (C=O) groups is 1. The molecule has 160 valence electrons. The summed E-state index contributed by atoms with van der Waals surface area (Å²) in [6, 6.07) is 18.1. The summed E-state index contributed by atoms with van der Waals surface area (Å²) in [5.41, 5.74) is 1.37. The van der Waals surface area contributed by atoms with Crippen LogP contribution >= 0.6 is 11.6 Å². The van der Waals surface area contributed by atoms with Gasteiger partial charge in [0.1, 0.15) is 12.0 Å². The molecule has 1 aliphatic rings. The summed E-state index contributed by atoms with van der Waals surface area (Å²) in [5, 5.41) is 0.731. The van der Waals surface area contributed by atoms with Crippen molar-refractivity contribution in [3.8, 4) is 5.75 Å². The third-order valence-corrected chi connectivity index (χ3v) is 5.47. The average molecular weight is 439 g/mol. The van der Waals surface area contributed by atoms with Crippen LogP contribution in [0.15, 0.2) is 76.1 Å². The third-order valence-electron chi connectivity index (χ3n) is 5.23. The molecule has 2 aromatic carbocycles. The maximum atomic E-state index is 12.4. The molecule has 31 heavy (non-hydrogen) atoms. The Morgan fingerprint density at radius 3 is 2.48 bits per heavy atom. The van der Waals surface area contributed by atoms with Crippen molar-refractivity contribution in [1.82, 2.24) is 4.90 Å². The van der Waals surface area contributed by atoms with Crippen LogP contribution in [0.5, 0.6) is 5.75 Å². The molecule has 0 amide bonds. The van der Waals surface area contributed by atoms with Crippen molar-refractivity contribution in [2.45, 2.75) is 6.54 Å². The maximum Gasteiger partial charge on any atom is 0.227 e. The van der Waals surface area contributed by atoms with Crippen LogP contribution in [0, 0.1) is 0 Å². The average Bonchev–Trinajstić information content (AvgIpc) is 2.79. The van der Waals surface area contributed by atoms with Crippen LogP contribution in [-0.2, 0) is 6.54 Å². The Morgan fingerprint density at radius 1 is 1.00 bits per heavy atom. The predicted octanol–water partition coefficient (Wildman–Crippen LogP) is 3.88. The quantitative estimate of drug-likeness (QED) is 0.522. The van der Waals surface area contributed by atoms with E-state index in [0.717, 1.165) is 36.9 Å². The number of hydrogen-bond donors (Lipinski definition) is 0. The van der Waals surface area contributed by atoms with Crippen LogP contribution in [0.2, 0.25) is 5.02 Å². The van der Waals surface area contributed by atoms with Crippen molar-refractivity contribution >= 4 is 23.1 Å². The summed E-state index contributed by atoms with van der Waals surface area (Å²) in [7, 11) is 0. The van der Waals surface area contributed by atoms with E-state index in [2.05, 4.69) is 15.9 Å². The number of carbonyl (C=O) groups excluding carboxylic acids is 1. The summed E-state index contributed by atoms with van der Waals surface area (Å²) in [5.74, 6) is 0.420. The first-order valence-corrected chi connectivity index (χ1v) is 10.5. The Balaban J connectivity index is 1.30. The Hall–Kier alpha value is -3.09.